The average Bonchev–Trinajstić information content (AvgIpc) is 2.55. The van der Waals surface area contributed by atoms with Crippen LogP contribution >= 0.6 is 0 Å². The Labute approximate surface area is 128 Å². The topological polar surface area (TPSA) is 61.5 Å². The summed E-state index contributed by atoms with van der Waals surface area (Å²) in [6, 6.07) is 18.5. The van der Waals surface area contributed by atoms with Crippen molar-refractivity contribution < 1.29 is 14.3 Å². The maximum Gasteiger partial charge on any atom is 0.341 e. The molecule has 0 bridgehead atoms. The molecule has 0 fully saturated rings. The summed E-state index contributed by atoms with van der Waals surface area (Å²) in [6.07, 6.45) is 0. The van der Waals surface area contributed by atoms with Gasteiger partial charge in [-0.15, -0.1) is 0 Å². The molecule has 3 aromatic rings. The summed E-state index contributed by atoms with van der Waals surface area (Å²) in [7, 11) is 1.35. The van der Waals surface area contributed by atoms with Gasteiger partial charge < -0.3 is 15.2 Å². The first-order valence-electron chi connectivity index (χ1n) is 6.82. The lowest BCUT2D eigenvalue weighted by atomic mass is 10.1. The number of nitrogen functional groups attached to an aromatic ring is 1. The second-order valence-corrected chi connectivity index (χ2v) is 4.83. The second-order valence-electron chi connectivity index (χ2n) is 4.83. The number of ether oxygens (including phenoxy) is 2. The van der Waals surface area contributed by atoms with Crippen LogP contribution in [0.5, 0.6) is 11.5 Å². The van der Waals surface area contributed by atoms with Gasteiger partial charge in [0.25, 0.3) is 0 Å². The van der Waals surface area contributed by atoms with Gasteiger partial charge in [0.05, 0.1) is 12.8 Å². The highest BCUT2D eigenvalue weighted by Crippen LogP contribution is 2.33. The Hall–Kier alpha value is -3.01. The summed E-state index contributed by atoms with van der Waals surface area (Å²) in [5, 5.41) is 1.91. The molecule has 0 amide bonds. The van der Waals surface area contributed by atoms with Crippen molar-refractivity contribution in [1.29, 1.82) is 0 Å². The Bertz CT molecular complexity index is 843. The highest BCUT2D eigenvalue weighted by Gasteiger charge is 2.16. The van der Waals surface area contributed by atoms with E-state index in [1.54, 1.807) is 18.2 Å². The molecule has 0 unspecified atom stereocenters. The molecule has 0 aliphatic heterocycles. The van der Waals surface area contributed by atoms with E-state index in [1.165, 1.54) is 7.11 Å². The van der Waals surface area contributed by atoms with Crippen LogP contribution in [0.15, 0.2) is 60.7 Å². The number of carbonyl (C=O) groups is 1. The molecule has 0 radical (unpaired) electrons. The largest absolute Gasteiger partial charge is 0.465 e. The number of anilines is 1. The number of hydrogen-bond donors (Lipinski definition) is 1. The first-order chi connectivity index (χ1) is 10.7. The van der Waals surface area contributed by atoms with E-state index in [9.17, 15) is 4.79 Å². The van der Waals surface area contributed by atoms with Crippen molar-refractivity contribution in [2.75, 3.05) is 12.8 Å². The molecule has 3 rings (SSSR count). The molecule has 0 aromatic heterocycles. The molecule has 0 saturated carbocycles. The SMILES string of the molecule is COC(=O)c1cc2ccccc2cc1Oc1ccccc1N. The van der Waals surface area contributed by atoms with E-state index in [4.69, 9.17) is 15.2 Å². The van der Waals surface area contributed by atoms with Crippen molar-refractivity contribution in [3.8, 4) is 11.5 Å². The number of rotatable bonds is 3. The number of carbonyl (C=O) groups excluding carboxylic acids is 1. The zero-order chi connectivity index (χ0) is 15.5. The summed E-state index contributed by atoms with van der Waals surface area (Å²) in [4.78, 5) is 12.0. The standard InChI is InChI=1S/C18H15NO3/c1-21-18(20)14-10-12-6-2-3-7-13(12)11-17(14)22-16-9-5-4-8-15(16)19/h2-11H,19H2,1H3. The molecule has 0 spiro atoms. The summed E-state index contributed by atoms with van der Waals surface area (Å²) in [5.41, 5.74) is 6.77. The van der Waals surface area contributed by atoms with E-state index in [1.807, 2.05) is 42.5 Å². The number of nitrogens with two attached hydrogens (primary N) is 1. The van der Waals surface area contributed by atoms with E-state index in [2.05, 4.69) is 0 Å². The van der Waals surface area contributed by atoms with Gasteiger partial charge in [-0.3, -0.25) is 0 Å². The van der Waals surface area contributed by atoms with E-state index in [0.717, 1.165) is 10.8 Å². The van der Waals surface area contributed by atoms with Crippen LogP contribution in [0.2, 0.25) is 0 Å². The van der Waals surface area contributed by atoms with Gasteiger partial charge in [-0.2, -0.15) is 0 Å². The van der Waals surface area contributed by atoms with Crippen molar-refractivity contribution in [2.24, 2.45) is 0 Å². The fraction of sp³-hybridized carbons (Fsp3) is 0.0556. The number of methoxy groups -OCH3 is 1. The Morgan fingerprint density at radius 2 is 1.55 bits per heavy atom. The minimum absolute atomic E-state index is 0.365. The molecular formula is C18H15NO3. The predicted molar refractivity (Wildman–Crippen MR) is 86.2 cm³/mol. The highest BCUT2D eigenvalue weighted by atomic mass is 16.5. The van der Waals surface area contributed by atoms with Gasteiger partial charge in [0.1, 0.15) is 17.1 Å². The van der Waals surface area contributed by atoms with Crippen molar-refractivity contribution in [2.45, 2.75) is 0 Å². The lowest BCUT2D eigenvalue weighted by Gasteiger charge is -2.13. The molecule has 0 aliphatic carbocycles. The van der Waals surface area contributed by atoms with Gasteiger partial charge in [0, 0.05) is 0 Å². The summed E-state index contributed by atoms with van der Waals surface area (Å²) in [6.45, 7) is 0. The molecular weight excluding hydrogens is 278 g/mol. The Kier molecular flexibility index (Phi) is 3.66. The maximum atomic E-state index is 12.0. The lowest BCUT2D eigenvalue weighted by molar-refractivity contribution is 0.0598. The van der Waals surface area contributed by atoms with E-state index < -0.39 is 5.97 Å². The van der Waals surface area contributed by atoms with Crippen molar-refractivity contribution in [3.05, 3.63) is 66.2 Å². The predicted octanol–water partition coefficient (Wildman–Crippen LogP) is 4.00. The molecule has 0 heterocycles. The number of fused-ring (bicyclic) bond motifs is 1. The Balaban J connectivity index is 2.14. The molecule has 4 nitrogen and oxygen atoms in total. The molecule has 0 aliphatic rings. The van der Waals surface area contributed by atoms with Gasteiger partial charge in [-0.1, -0.05) is 36.4 Å². The molecule has 110 valence electrons. The quantitative estimate of drug-likeness (QED) is 0.585. The second kappa shape index (κ2) is 5.77. The zero-order valence-corrected chi connectivity index (χ0v) is 12.1. The van der Waals surface area contributed by atoms with Gasteiger partial charge in [-0.05, 0) is 35.0 Å². The van der Waals surface area contributed by atoms with Crippen molar-refractivity contribution >= 4 is 22.4 Å². The summed E-state index contributed by atoms with van der Waals surface area (Å²) >= 11 is 0. The Morgan fingerprint density at radius 3 is 2.23 bits per heavy atom. The van der Waals surface area contributed by atoms with Gasteiger partial charge in [0.15, 0.2) is 0 Å². The lowest BCUT2D eigenvalue weighted by Crippen LogP contribution is -2.04. The van der Waals surface area contributed by atoms with Gasteiger partial charge >= 0.3 is 5.97 Å². The van der Waals surface area contributed by atoms with Gasteiger partial charge in [-0.25, -0.2) is 4.79 Å². The number of para-hydroxylation sites is 2. The number of esters is 1. The van der Waals surface area contributed by atoms with Crippen molar-refractivity contribution in [3.63, 3.8) is 0 Å². The zero-order valence-electron chi connectivity index (χ0n) is 12.1. The summed E-state index contributed by atoms with van der Waals surface area (Å²) < 4.78 is 10.7. The van der Waals surface area contributed by atoms with E-state index in [-0.39, 0.29) is 0 Å². The third kappa shape index (κ3) is 2.59. The fourth-order valence-electron chi connectivity index (χ4n) is 2.27. The third-order valence-corrected chi connectivity index (χ3v) is 3.39. The minimum atomic E-state index is -0.449. The third-order valence-electron chi connectivity index (χ3n) is 3.39. The van der Waals surface area contributed by atoms with Crippen LogP contribution < -0.4 is 10.5 Å². The van der Waals surface area contributed by atoms with Crippen LogP contribution in [-0.4, -0.2) is 13.1 Å². The molecule has 2 N–H and O–H groups in total. The average molecular weight is 293 g/mol. The van der Waals surface area contributed by atoms with Crippen LogP contribution in [0, 0.1) is 0 Å². The molecule has 22 heavy (non-hydrogen) atoms. The normalized spacial score (nSPS) is 10.4. The van der Waals surface area contributed by atoms with Crippen LogP contribution in [0.4, 0.5) is 5.69 Å². The highest BCUT2D eigenvalue weighted by molar-refractivity contribution is 5.98. The van der Waals surface area contributed by atoms with E-state index >= 15 is 0 Å². The maximum absolute atomic E-state index is 12.0. The Morgan fingerprint density at radius 1 is 0.909 bits per heavy atom. The first kappa shape index (κ1) is 13.9. The number of benzene rings is 3. The minimum Gasteiger partial charge on any atom is -0.465 e. The van der Waals surface area contributed by atoms with Crippen LogP contribution in [0.3, 0.4) is 0 Å². The van der Waals surface area contributed by atoms with Crippen LogP contribution in [0.25, 0.3) is 10.8 Å². The molecule has 3 aromatic carbocycles. The number of hydrogen-bond acceptors (Lipinski definition) is 4. The summed E-state index contributed by atoms with van der Waals surface area (Å²) in [5.74, 6) is 0.474. The molecule has 4 heteroatoms. The van der Waals surface area contributed by atoms with Crippen LogP contribution in [-0.2, 0) is 4.74 Å². The van der Waals surface area contributed by atoms with Crippen LogP contribution in [0.1, 0.15) is 10.4 Å². The molecule has 0 saturated heterocycles. The van der Waals surface area contributed by atoms with Crippen molar-refractivity contribution in [1.82, 2.24) is 0 Å². The fourth-order valence-corrected chi connectivity index (χ4v) is 2.27. The first-order valence-corrected chi connectivity index (χ1v) is 6.82. The smallest absolute Gasteiger partial charge is 0.341 e. The molecule has 0 atom stereocenters. The van der Waals surface area contributed by atoms with Gasteiger partial charge in [0.2, 0.25) is 0 Å². The van der Waals surface area contributed by atoms with E-state index in [0.29, 0.717) is 22.7 Å². The monoisotopic (exact) mass is 293 g/mol.